The SMILES string of the molecule is COc1c(O)cc(C/C=C(\C)CCC[C@H](C)[C@@H](O)CC=C(C)C)c(CCN(C)C)c1Br. The largest absolute Gasteiger partial charge is 0.504 e. The molecule has 0 aliphatic heterocycles. The maximum atomic E-state index is 10.4. The van der Waals surface area contributed by atoms with E-state index in [1.54, 1.807) is 7.11 Å². The molecule has 2 atom stereocenters. The zero-order valence-corrected chi connectivity index (χ0v) is 22.1. The van der Waals surface area contributed by atoms with Crippen LogP contribution in [0.4, 0.5) is 0 Å². The van der Waals surface area contributed by atoms with Crippen LogP contribution in [0.5, 0.6) is 11.5 Å². The maximum absolute atomic E-state index is 10.4. The van der Waals surface area contributed by atoms with E-state index >= 15 is 0 Å². The molecule has 1 rings (SSSR count). The van der Waals surface area contributed by atoms with Crippen LogP contribution in [0.25, 0.3) is 0 Å². The number of aromatic hydroxyl groups is 1. The van der Waals surface area contributed by atoms with Crippen molar-refractivity contribution in [2.75, 3.05) is 27.7 Å². The fourth-order valence-corrected chi connectivity index (χ4v) is 4.38. The number of phenolic OH excluding ortho intramolecular Hbond substituents is 1. The second-order valence-corrected chi connectivity index (χ2v) is 9.94. The van der Waals surface area contributed by atoms with Crippen LogP contribution in [0.2, 0.25) is 0 Å². The summed E-state index contributed by atoms with van der Waals surface area (Å²) in [5.74, 6) is 0.970. The number of allylic oxidation sites excluding steroid dienone is 3. The van der Waals surface area contributed by atoms with Crippen molar-refractivity contribution in [3.05, 3.63) is 45.0 Å². The third-order valence-electron chi connectivity index (χ3n) is 5.73. The number of halogens is 1. The average Bonchev–Trinajstić information content (AvgIpc) is 2.69. The smallest absolute Gasteiger partial charge is 0.174 e. The molecule has 1 aromatic rings. The number of phenols is 1. The lowest BCUT2D eigenvalue weighted by Gasteiger charge is -2.18. The normalized spacial score (nSPS) is 13.9. The van der Waals surface area contributed by atoms with Crippen LogP contribution < -0.4 is 4.74 Å². The van der Waals surface area contributed by atoms with E-state index in [-0.39, 0.29) is 11.9 Å². The minimum Gasteiger partial charge on any atom is -0.504 e. The summed E-state index contributed by atoms with van der Waals surface area (Å²) in [7, 11) is 5.71. The van der Waals surface area contributed by atoms with E-state index < -0.39 is 0 Å². The number of ether oxygens (including phenoxy) is 1. The molecule has 0 spiro atoms. The molecule has 0 aliphatic rings. The number of rotatable bonds is 13. The monoisotopic (exact) mass is 495 g/mol. The van der Waals surface area contributed by atoms with Crippen LogP contribution >= 0.6 is 15.9 Å². The van der Waals surface area contributed by atoms with Crippen LogP contribution in [0.3, 0.4) is 0 Å². The van der Waals surface area contributed by atoms with E-state index in [1.165, 1.54) is 16.7 Å². The Morgan fingerprint density at radius 2 is 1.90 bits per heavy atom. The van der Waals surface area contributed by atoms with Crippen molar-refractivity contribution >= 4 is 15.9 Å². The van der Waals surface area contributed by atoms with Gasteiger partial charge >= 0.3 is 0 Å². The summed E-state index contributed by atoms with van der Waals surface area (Å²) >= 11 is 3.64. The number of hydrogen-bond donors (Lipinski definition) is 2. The lowest BCUT2D eigenvalue weighted by molar-refractivity contribution is 0.113. The van der Waals surface area contributed by atoms with Gasteiger partial charge in [0.25, 0.3) is 0 Å². The first-order valence-electron chi connectivity index (χ1n) is 11.3. The highest BCUT2D eigenvalue weighted by molar-refractivity contribution is 9.10. The van der Waals surface area contributed by atoms with Gasteiger partial charge in [-0.3, -0.25) is 0 Å². The van der Waals surface area contributed by atoms with Crippen LogP contribution in [0.1, 0.15) is 64.5 Å². The van der Waals surface area contributed by atoms with Crippen molar-refractivity contribution in [1.82, 2.24) is 4.90 Å². The quantitative estimate of drug-likeness (QED) is 0.316. The first-order valence-corrected chi connectivity index (χ1v) is 12.0. The molecule has 0 aliphatic carbocycles. The summed E-state index contributed by atoms with van der Waals surface area (Å²) in [5.41, 5.74) is 4.91. The molecule has 0 fully saturated rings. The van der Waals surface area contributed by atoms with Crippen LogP contribution in [0, 0.1) is 5.92 Å². The summed E-state index contributed by atoms with van der Waals surface area (Å²) in [5, 5.41) is 20.7. The number of aliphatic hydroxyl groups is 1. The summed E-state index contributed by atoms with van der Waals surface area (Å²) in [4.78, 5) is 2.16. The Labute approximate surface area is 198 Å². The molecule has 0 saturated carbocycles. The minimum atomic E-state index is -0.266. The van der Waals surface area contributed by atoms with Gasteiger partial charge in [-0.15, -0.1) is 0 Å². The molecule has 176 valence electrons. The predicted molar refractivity (Wildman–Crippen MR) is 135 cm³/mol. The zero-order chi connectivity index (χ0) is 23.6. The van der Waals surface area contributed by atoms with Gasteiger partial charge in [-0.1, -0.05) is 30.2 Å². The number of likely N-dealkylation sites (N-methyl/N-ethyl adjacent to an activating group) is 1. The molecule has 4 nitrogen and oxygen atoms in total. The van der Waals surface area contributed by atoms with E-state index in [0.717, 1.165) is 55.1 Å². The number of aliphatic hydroxyl groups excluding tert-OH is 1. The molecule has 0 bridgehead atoms. The van der Waals surface area contributed by atoms with E-state index in [1.807, 2.05) is 6.07 Å². The zero-order valence-electron chi connectivity index (χ0n) is 20.5. The highest BCUT2D eigenvalue weighted by atomic mass is 79.9. The van der Waals surface area contributed by atoms with Crippen molar-refractivity contribution in [3.8, 4) is 11.5 Å². The Bertz CT molecular complexity index is 752. The minimum absolute atomic E-state index is 0.170. The van der Waals surface area contributed by atoms with Crippen molar-refractivity contribution in [3.63, 3.8) is 0 Å². The molecule has 0 heterocycles. The summed E-state index contributed by atoms with van der Waals surface area (Å²) in [6.45, 7) is 9.37. The molecule has 2 N–H and O–H groups in total. The number of nitrogens with zero attached hydrogens (tertiary/aromatic N) is 1. The third kappa shape index (κ3) is 9.80. The standard InChI is InChI=1S/C26H42BrNO3/c1-18(2)11-14-23(29)20(4)10-8-9-19(3)12-13-21-17-24(30)26(31-7)25(27)22(21)15-16-28(5)6/h11-12,17,20,23,29-30H,8-10,13-16H2,1-7H3/b19-12+/t20-,23-/m0/s1. The Balaban J connectivity index is 2.75. The van der Waals surface area contributed by atoms with E-state index in [4.69, 9.17) is 4.74 Å². The van der Waals surface area contributed by atoms with Gasteiger partial charge < -0.3 is 19.8 Å². The highest BCUT2D eigenvalue weighted by Crippen LogP contribution is 2.39. The Kier molecular flexibility index (Phi) is 12.5. The fourth-order valence-electron chi connectivity index (χ4n) is 3.56. The van der Waals surface area contributed by atoms with Crippen molar-refractivity contribution < 1.29 is 14.9 Å². The van der Waals surface area contributed by atoms with Gasteiger partial charge in [0.2, 0.25) is 0 Å². The van der Waals surface area contributed by atoms with E-state index in [9.17, 15) is 10.2 Å². The summed E-state index contributed by atoms with van der Waals surface area (Å²) < 4.78 is 6.22. The lowest BCUT2D eigenvalue weighted by atomic mass is 9.93. The molecule has 1 aromatic carbocycles. The van der Waals surface area contributed by atoms with Crippen molar-refractivity contribution in [2.24, 2.45) is 5.92 Å². The van der Waals surface area contributed by atoms with Gasteiger partial charge in [0.15, 0.2) is 11.5 Å². The second kappa shape index (κ2) is 14.0. The molecule has 0 radical (unpaired) electrons. The molecular weight excluding hydrogens is 454 g/mol. The number of hydrogen-bond acceptors (Lipinski definition) is 4. The van der Waals surface area contributed by atoms with Crippen LogP contribution in [0.15, 0.2) is 33.8 Å². The molecule has 0 aromatic heterocycles. The van der Waals surface area contributed by atoms with Crippen LogP contribution in [-0.2, 0) is 12.8 Å². The van der Waals surface area contributed by atoms with Crippen molar-refractivity contribution in [2.45, 2.75) is 72.3 Å². The topological polar surface area (TPSA) is 52.9 Å². The molecular formula is C26H42BrNO3. The van der Waals surface area contributed by atoms with E-state index in [0.29, 0.717) is 11.7 Å². The fraction of sp³-hybridized carbons (Fsp3) is 0.615. The summed E-state index contributed by atoms with van der Waals surface area (Å²) in [6.07, 6.45) is 9.63. The van der Waals surface area contributed by atoms with Gasteiger partial charge in [-0.05, 0) is 112 Å². The summed E-state index contributed by atoms with van der Waals surface area (Å²) in [6, 6.07) is 1.83. The maximum Gasteiger partial charge on any atom is 0.174 e. The average molecular weight is 497 g/mol. The first-order chi connectivity index (χ1) is 14.6. The Morgan fingerprint density at radius 1 is 1.23 bits per heavy atom. The molecule has 31 heavy (non-hydrogen) atoms. The molecule has 0 saturated heterocycles. The molecule has 5 heteroatoms. The number of methoxy groups -OCH3 is 1. The molecule has 0 amide bonds. The van der Waals surface area contributed by atoms with Gasteiger partial charge in [-0.25, -0.2) is 0 Å². The predicted octanol–water partition coefficient (Wildman–Crippen LogP) is 6.28. The Morgan fingerprint density at radius 3 is 2.48 bits per heavy atom. The first kappa shape index (κ1) is 27.7. The highest BCUT2D eigenvalue weighted by Gasteiger charge is 2.17. The Hall–Kier alpha value is -1.30. The van der Waals surface area contributed by atoms with Gasteiger partial charge in [0, 0.05) is 6.54 Å². The van der Waals surface area contributed by atoms with Gasteiger partial charge in [-0.2, -0.15) is 0 Å². The van der Waals surface area contributed by atoms with Crippen molar-refractivity contribution in [1.29, 1.82) is 0 Å². The molecule has 0 unspecified atom stereocenters. The lowest BCUT2D eigenvalue weighted by Crippen LogP contribution is -2.16. The number of benzene rings is 1. The second-order valence-electron chi connectivity index (χ2n) is 9.14. The third-order valence-corrected chi connectivity index (χ3v) is 6.57. The van der Waals surface area contributed by atoms with Crippen LogP contribution in [-0.4, -0.2) is 49.0 Å². The van der Waals surface area contributed by atoms with Gasteiger partial charge in [0.1, 0.15) is 0 Å². The van der Waals surface area contributed by atoms with E-state index in [2.05, 4.69) is 74.8 Å². The van der Waals surface area contributed by atoms with Gasteiger partial charge in [0.05, 0.1) is 17.7 Å².